The third-order valence-electron chi connectivity index (χ3n) is 7.01. The number of amides is 2. The van der Waals surface area contributed by atoms with Crippen molar-refractivity contribution in [2.75, 3.05) is 25.9 Å². The SMILES string of the molecule is COc1ncc(-c2ccc3c(N)ncnn23)cc1C(=O)N[C@@H]1CN(C(=O)C2CCC(F)(F)CC2)C[C@@H]1F. The molecule has 4 heterocycles. The van der Waals surface area contributed by atoms with Gasteiger partial charge in [-0.15, -0.1) is 0 Å². The summed E-state index contributed by atoms with van der Waals surface area (Å²) >= 11 is 0. The number of likely N-dealkylation sites (tertiary alicyclic amines) is 1. The molecule has 2 fully saturated rings. The van der Waals surface area contributed by atoms with Gasteiger partial charge in [0.25, 0.3) is 5.91 Å². The molecule has 1 aliphatic carbocycles. The zero-order valence-corrected chi connectivity index (χ0v) is 20.0. The lowest BCUT2D eigenvalue weighted by Gasteiger charge is -2.30. The Morgan fingerprint density at radius 3 is 2.68 bits per heavy atom. The molecule has 10 nitrogen and oxygen atoms in total. The second-order valence-electron chi connectivity index (χ2n) is 9.41. The highest BCUT2D eigenvalue weighted by Gasteiger charge is 2.42. The first kappa shape index (κ1) is 24.8. The summed E-state index contributed by atoms with van der Waals surface area (Å²) in [6.45, 7) is -0.253. The number of rotatable bonds is 5. The molecular formula is C24H26F3N7O3. The number of hydrogen-bond acceptors (Lipinski definition) is 7. The largest absolute Gasteiger partial charge is 0.480 e. The minimum absolute atomic E-state index is 0.0423. The average Bonchev–Trinajstić information content (AvgIpc) is 3.47. The topological polar surface area (TPSA) is 128 Å². The van der Waals surface area contributed by atoms with Crippen LogP contribution in [0.15, 0.2) is 30.7 Å². The molecule has 0 unspecified atom stereocenters. The molecule has 196 valence electrons. The van der Waals surface area contributed by atoms with Gasteiger partial charge in [-0.25, -0.2) is 27.7 Å². The third kappa shape index (κ3) is 4.77. The van der Waals surface area contributed by atoms with Crippen LogP contribution in [0, 0.1) is 5.92 Å². The number of carbonyl (C=O) groups is 2. The van der Waals surface area contributed by atoms with Gasteiger partial charge in [-0.05, 0) is 31.0 Å². The molecule has 2 atom stereocenters. The van der Waals surface area contributed by atoms with Crippen molar-refractivity contribution in [3.8, 4) is 17.1 Å². The van der Waals surface area contributed by atoms with Crippen LogP contribution in [0.3, 0.4) is 0 Å². The number of alkyl halides is 3. The molecule has 0 aromatic carbocycles. The van der Waals surface area contributed by atoms with Crippen LogP contribution < -0.4 is 15.8 Å². The van der Waals surface area contributed by atoms with Gasteiger partial charge in [0, 0.05) is 37.1 Å². The Morgan fingerprint density at radius 1 is 1.19 bits per heavy atom. The van der Waals surface area contributed by atoms with E-state index in [4.69, 9.17) is 10.5 Å². The first-order valence-corrected chi connectivity index (χ1v) is 11.9. The van der Waals surface area contributed by atoms with Gasteiger partial charge >= 0.3 is 0 Å². The Balaban J connectivity index is 1.32. The fraction of sp³-hybridized carbons (Fsp3) is 0.458. The van der Waals surface area contributed by atoms with Crippen molar-refractivity contribution in [3.05, 3.63) is 36.3 Å². The number of aromatic nitrogens is 4. The van der Waals surface area contributed by atoms with E-state index in [1.54, 1.807) is 22.7 Å². The van der Waals surface area contributed by atoms with Gasteiger partial charge in [0.15, 0.2) is 5.82 Å². The lowest BCUT2D eigenvalue weighted by atomic mass is 9.86. The van der Waals surface area contributed by atoms with Crippen molar-refractivity contribution >= 4 is 23.1 Å². The lowest BCUT2D eigenvalue weighted by molar-refractivity contribution is -0.138. The van der Waals surface area contributed by atoms with Gasteiger partial charge < -0.3 is 20.7 Å². The normalized spacial score (nSPS) is 21.8. The number of hydrogen-bond donors (Lipinski definition) is 2. The van der Waals surface area contributed by atoms with Crippen LogP contribution in [0.1, 0.15) is 36.0 Å². The number of carbonyl (C=O) groups excluding carboxylic acids is 2. The summed E-state index contributed by atoms with van der Waals surface area (Å²) in [5, 5.41) is 6.84. The van der Waals surface area contributed by atoms with Crippen LogP contribution in [-0.2, 0) is 4.79 Å². The van der Waals surface area contributed by atoms with E-state index in [0.717, 1.165) is 0 Å². The van der Waals surface area contributed by atoms with E-state index in [1.165, 1.54) is 24.5 Å². The maximum Gasteiger partial charge on any atom is 0.257 e. The van der Waals surface area contributed by atoms with Gasteiger partial charge in [-0.2, -0.15) is 5.10 Å². The van der Waals surface area contributed by atoms with Gasteiger partial charge in [-0.1, -0.05) is 0 Å². The number of halogens is 3. The molecule has 1 aliphatic heterocycles. The molecule has 37 heavy (non-hydrogen) atoms. The Bertz CT molecular complexity index is 1340. The maximum atomic E-state index is 14.9. The molecule has 3 aromatic heterocycles. The molecule has 2 aliphatic rings. The number of anilines is 1. The predicted octanol–water partition coefficient (Wildman–Crippen LogP) is 2.49. The summed E-state index contributed by atoms with van der Waals surface area (Å²) in [6, 6.07) is 4.08. The first-order valence-electron chi connectivity index (χ1n) is 11.9. The fourth-order valence-electron chi connectivity index (χ4n) is 4.96. The molecule has 0 bridgehead atoms. The summed E-state index contributed by atoms with van der Waals surface area (Å²) < 4.78 is 48.6. The molecular weight excluding hydrogens is 491 g/mol. The van der Waals surface area contributed by atoms with Crippen LogP contribution in [0.2, 0.25) is 0 Å². The predicted molar refractivity (Wildman–Crippen MR) is 127 cm³/mol. The van der Waals surface area contributed by atoms with Crippen molar-refractivity contribution in [2.45, 2.75) is 43.8 Å². The number of nitrogens with one attached hydrogen (secondary N) is 1. The standard InChI is InChI=1S/C24H26F3N7O3/c1-37-22-15(8-14(9-29-22)18-2-3-19-20(28)30-12-31-34(18)19)21(35)32-17-11-33(10-16(17)25)23(36)13-4-6-24(26,27)7-5-13/h2-3,8-9,12-13,16-17H,4-7,10-11H2,1H3,(H,32,35)(H2,28,30,31)/t16-,17+/m0/s1. The smallest absolute Gasteiger partial charge is 0.257 e. The fourth-order valence-corrected chi connectivity index (χ4v) is 4.96. The van der Waals surface area contributed by atoms with Crippen molar-refractivity contribution in [3.63, 3.8) is 0 Å². The number of ether oxygens (including phenoxy) is 1. The van der Waals surface area contributed by atoms with E-state index in [-0.39, 0.29) is 61.9 Å². The Hall–Kier alpha value is -3.90. The number of nitrogen functional groups attached to an aromatic ring is 1. The van der Waals surface area contributed by atoms with E-state index in [0.29, 0.717) is 16.8 Å². The summed E-state index contributed by atoms with van der Waals surface area (Å²) in [4.78, 5) is 35.5. The average molecular weight is 518 g/mol. The molecule has 1 saturated heterocycles. The summed E-state index contributed by atoms with van der Waals surface area (Å²) in [5.41, 5.74) is 7.70. The van der Waals surface area contributed by atoms with Crippen LogP contribution >= 0.6 is 0 Å². The van der Waals surface area contributed by atoms with Crippen molar-refractivity contribution in [1.82, 2.24) is 29.8 Å². The highest BCUT2D eigenvalue weighted by atomic mass is 19.3. The van der Waals surface area contributed by atoms with Gasteiger partial charge in [-0.3, -0.25) is 9.59 Å². The van der Waals surface area contributed by atoms with E-state index >= 15 is 0 Å². The zero-order chi connectivity index (χ0) is 26.3. The molecule has 1 saturated carbocycles. The highest BCUT2D eigenvalue weighted by molar-refractivity contribution is 5.98. The number of nitrogens with zero attached hydrogens (tertiary/aromatic N) is 5. The number of nitrogens with two attached hydrogens (primary N) is 1. The first-order chi connectivity index (χ1) is 17.7. The van der Waals surface area contributed by atoms with Gasteiger partial charge in [0.2, 0.25) is 17.7 Å². The van der Waals surface area contributed by atoms with E-state index in [9.17, 15) is 22.8 Å². The minimum atomic E-state index is -2.75. The van der Waals surface area contributed by atoms with Gasteiger partial charge in [0.1, 0.15) is 23.6 Å². The van der Waals surface area contributed by atoms with Gasteiger partial charge in [0.05, 0.1) is 25.4 Å². The van der Waals surface area contributed by atoms with Crippen molar-refractivity contribution < 1.29 is 27.5 Å². The Morgan fingerprint density at radius 2 is 1.95 bits per heavy atom. The lowest BCUT2D eigenvalue weighted by Crippen LogP contribution is -2.43. The van der Waals surface area contributed by atoms with Crippen molar-refractivity contribution in [1.29, 1.82) is 0 Å². The number of methoxy groups -OCH3 is 1. The van der Waals surface area contributed by atoms with Crippen LogP contribution in [0.25, 0.3) is 16.8 Å². The summed E-state index contributed by atoms with van der Waals surface area (Å²) in [7, 11) is 1.36. The number of pyridine rings is 1. The van der Waals surface area contributed by atoms with E-state index in [2.05, 4.69) is 20.4 Å². The summed E-state index contributed by atoms with van der Waals surface area (Å²) in [6.07, 6.45) is 0.744. The van der Waals surface area contributed by atoms with Crippen LogP contribution in [-0.4, -0.2) is 74.6 Å². The molecule has 5 rings (SSSR count). The molecule has 0 spiro atoms. The molecule has 13 heteroatoms. The van der Waals surface area contributed by atoms with Crippen molar-refractivity contribution in [2.24, 2.45) is 5.92 Å². The highest BCUT2D eigenvalue weighted by Crippen LogP contribution is 2.37. The Kier molecular flexibility index (Phi) is 6.38. The third-order valence-corrected chi connectivity index (χ3v) is 7.01. The Labute approximate surface area is 210 Å². The number of fused-ring (bicyclic) bond motifs is 1. The van der Waals surface area contributed by atoms with E-state index < -0.39 is 30.0 Å². The zero-order valence-electron chi connectivity index (χ0n) is 20.0. The monoisotopic (exact) mass is 517 g/mol. The molecule has 2 amide bonds. The second-order valence-corrected chi connectivity index (χ2v) is 9.41. The molecule has 3 N–H and O–H groups in total. The second kappa shape index (κ2) is 9.52. The maximum absolute atomic E-state index is 14.9. The molecule has 3 aromatic rings. The minimum Gasteiger partial charge on any atom is -0.480 e. The quantitative estimate of drug-likeness (QED) is 0.532. The van der Waals surface area contributed by atoms with Crippen LogP contribution in [0.4, 0.5) is 19.0 Å². The van der Waals surface area contributed by atoms with Crippen LogP contribution in [0.5, 0.6) is 5.88 Å². The summed E-state index contributed by atoms with van der Waals surface area (Å²) in [5.74, 6) is -3.96. The van der Waals surface area contributed by atoms with E-state index in [1.807, 2.05) is 0 Å². The molecule has 0 radical (unpaired) electrons.